The molecule has 3 amide bonds. The number of anilines is 2. The van der Waals surface area contributed by atoms with Crippen LogP contribution in [0, 0.1) is 0 Å². The molecule has 4 rings (SSSR count). The van der Waals surface area contributed by atoms with Crippen molar-refractivity contribution in [2.45, 2.75) is 17.1 Å². The zero-order valence-electron chi connectivity index (χ0n) is 22.8. The maximum atomic E-state index is 13.5. The van der Waals surface area contributed by atoms with E-state index in [1.54, 1.807) is 61.5 Å². The molecule has 0 aliphatic rings. The number of amides is 3. The third kappa shape index (κ3) is 8.48. The lowest BCUT2D eigenvalue weighted by Crippen LogP contribution is -2.30. The van der Waals surface area contributed by atoms with Gasteiger partial charge >= 0.3 is 0 Å². The smallest absolute Gasteiger partial charge is 0.272 e. The van der Waals surface area contributed by atoms with Gasteiger partial charge in [0, 0.05) is 37.9 Å². The van der Waals surface area contributed by atoms with E-state index in [2.05, 4.69) is 31.9 Å². The zero-order chi connectivity index (χ0) is 30.1. The highest BCUT2D eigenvalue weighted by Gasteiger charge is 2.18. The molecule has 4 aromatic rings. The summed E-state index contributed by atoms with van der Waals surface area (Å²) >= 11 is 4.72. The Hall–Kier alpha value is -4.54. The standard InChI is InChI=1S/C32H28BrN3O5S/c1-20(30(38)34-24-14-12-23(33)13-15-24)42-27-10-6-9-25(18-27)35-32(40)28(36-31(39)21-7-4-3-5-8-21)17-22-11-16-26(37)19-29(22)41-2/h3-20,37H,1-2H3,(H,34,38)(H,35,40)(H,36,39)/b28-17+. The van der Waals surface area contributed by atoms with Gasteiger partial charge in [0.25, 0.3) is 11.8 Å². The predicted molar refractivity (Wildman–Crippen MR) is 170 cm³/mol. The molecule has 0 fully saturated rings. The van der Waals surface area contributed by atoms with Crippen LogP contribution in [0.4, 0.5) is 11.4 Å². The Morgan fingerprint density at radius 1 is 0.881 bits per heavy atom. The lowest BCUT2D eigenvalue weighted by atomic mass is 10.1. The number of aromatic hydroxyl groups is 1. The van der Waals surface area contributed by atoms with Crippen LogP contribution in [0.5, 0.6) is 11.5 Å². The van der Waals surface area contributed by atoms with E-state index in [4.69, 9.17) is 4.74 Å². The van der Waals surface area contributed by atoms with Crippen LogP contribution in [0.15, 0.2) is 112 Å². The molecule has 1 unspecified atom stereocenters. The summed E-state index contributed by atoms with van der Waals surface area (Å²) in [7, 11) is 1.44. The van der Waals surface area contributed by atoms with Crippen LogP contribution in [0.1, 0.15) is 22.8 Å². The van der Waals surface area contributed by atoms with Crippen molar-refractivity contribution in [2.75, 3.05) is 17.7 Å². The van der Waals surface area contributed by atoms with Crippen LogP contribution in [0.3, 0.4) is 0 Å². The number of ether oxygens (including phenoxy) is 1. The molecular formula is C32H28BrN3O5S. The number of thioether (sulfide) groups is 1. The minimum atomic E-state index is -0.572. The van der Waals surface area contributed by atoms with Gasteiger partial charge in [-0.05, 0) is 79.7 Å². The van der Waals surface area contributed by atoms with E-state index in [1.165, 1.54) is 37.1 Å². The van der Waals surface area contributed by atoms with Gasteiger partial charge in [-0.25, -0.2) is 0 Å². The molecule has 4 aromatic carbocycles. The van der Waals surface area contributed by atoms with Crippen molar-refractivity contribution in [2.24, 2.45) is 0 Å². The summed E-state index contributed by atoms with van der Waals surface area (Å²) < 4.78 is 6.26. The van der Waals surface area contributed by atoms with Gasteiger partial charge < -0.3 is 25.8 Å². The van der Waals surface area contributed by atoms with Crippen LogP contribution in [0.25, 0.3) is 6.08 Å². The topological polar surface area (TPSA) is 117 Å². The molecule has 0 spiro atoms. The second kappa shape index (κ2) is 14.4. The maximum Gasteiger partial charge on any atom is 0.272 e. The van der Waals surface area contributed by atoms with Crippen molar-refractivity contribution in [3.05, 3.63) is 118 Å². The van der Waals surface area contributed by atoms with E-state index in [9.17, 15) is 19.5 Å². The van der Waals surface area contributed by atoms with Crippen molar-refractivity contribution in [3.63, 3.8) is 0 Å². The number of halogens is 1. The number of nitrogens with one attached hydrogen (secondary N) is 3. The van der Waals surface area contributed by atoms with E-state index in [1.807, 2.05) is 30.3 Å². The molecule has 8 nitrogen and oxygen atoms in total. The van der Waals surface area contributed by atoms with Gasteiger partial charge in [-0.1, -0.05) is 40.2 Å². The lowest BCUT2D eigenvalue weighted by molar-refractivity contribution is -0.115. The first kappa shape index (κ1) is 30.4. The Morgan fingerprint density at radius 2 is 1.62 bits per heavy atom. The van der Waals surface area contributed by atoms with Crippen LogP contribution < -0.4 is 20.7 Å². The Labute approximate surface area is 256 Å². The highest BCUT2D eigenvalue weighted by Crippen LogP contribution is 2.28. The number of carbonyl (C=O) groups excluding carboxylic acids is 3. The number of phenols is 1. The molecule has 10 heteroatoms. The molecule has 0 heterocycles. The van der Waals surface area contributed by atoms with Crippen LogP contribution >= 0.6 is 27.7 Å². The van der Waals surface area contributed by atoms with E-state index < -0.39 is 17.1 Å². The van der Waals surface area contributed by atoms with Gasteiger partial charge in [0.15, 0.2) is 0 Å². The van der Waals surface area contributed by atoms with E-state index >= 15 is 0 Å². The van der Waals surface area contributed by atoms with E-state index in [-0.39, 0.29) is 17.4 Å². The third-order valence-electron chi connectivity index (χ3n) is 5.93. The number of carbonyl (C=O) groups is 3. The first-order chi connectivity index (χ1) is 20.2. The molecule has 0 aromatic heterocycles. The number of hydrogen-bond acceptors (Lipinski definition) is 6. The van der Waals surface area contributed by atoms with Gasteiger partial charge in [-0.2, -0.15) is 0 Å². The minimum absolute atomic E-state index is 0.00242. The number of phenolic OH excluding ortho intramolecular Hbond substituents is 1. The van der Waals surface area contributed by atoms with Gasteiger partial charge in [0.2, 0.25) is 5.91 Å². The summed E-state index contributed by atoms with van der Waals surface area (Å²) in [6, 6.07) is 27.4. The molecule has 0 radical (unpaired) electrons. The zero-order valence-corrected chi connectivity index (χ0v) is 25.2. The molecule has 4 N–H and O–H groups in total. The summed E-state index contributed by atoms with van der Waals surface area (Å²) in [4.78, 5) is 39.9. The molecule has 0 aliphatic carbocycles. The predicted octanol–water partition coefficient (Wildman–Crippen LogP) is 6.69. The number of rotatable bonds is 10. The molecule has 42 heavy (non-hydrogen) atoms. The quantitative estimate of drug-likeness (QED) is 0.113. The van der Waals surface area contributed by atoms with Gasteiger partial charge in [-0.15, -0.1) is 11.8 Å². The third-order valence-corrected chi connectivity index (χ3v) is 7.55. The number of methoxy groups -OCH3 is 1. The Morgan fingerprint density at radius 3 is 2.33 bits per heavy atom. The Kier molecular flexibility index (Phi) is 10.4. The lowest BCUT2D eigenvalue weighted by Gasteiger charge is -2.14. The van der Waals surface area contributed by atoms with Crippen molar-refractivity contribution in [1.29, 1.82) is 0 Å². The first-order valence-corrected chi connectivity index (χ1v) is 14.5. The second-order valence-corrected chi connectivity index (χ2v) is 11.4. The normalized spacial score (nSPS) is 11.7. The highest BCUT2D eigenvalue weighted by atomic mass is 79.9. The van der Waals surface area contributed by atoms with Gasteiger partial charge in [-0.3, -0.25) is 14.4 Å². The summed E-state index contributed by atoms with van der Waals surface area (Å²) in [5.74, 6) is -0.879. The summed E-state index contributed by atoms with van der Waals surface area (Å²) in [5.41, 5.74) is 1.99. The average Bonchev–Trinajstić information content (AvgIpc) is 2.99. The fourth-order valence-electron chi connectivity index (χ4n) is 3.80. The summed E-state index contributed by atoms with van der Waals surface area (Å²) in [6.07, 6.45) is 1.47. The van der Waals surface area contributed by atoms with Crippen LogP contribution in [-0.4, -0.2) is 35.2 Å². The second-order valence-electron chi connectivity index (χ2n) is 9.04. The highest BCUT2D eigenvalue weighted by molar-refractivity contribution is 9.10. The van der Waals surface area contributed by atoms with E-state index in [0.717, 1.165) is 9.37 Å². The van der Waals surface area contributed by atoms with E-state index in [0.29, 0.717) is 28.3 Å². The Balaban J connectivity index is 1.51. The molecule has 1 atom stereocenters. The molecular weight excluding hydrogens is 618 g/mol. The first-order valence-electron chi connectivity index (χ1n) is 12.8. The van der Waals surface area contributed by atoms with Crippen molar-refractivity contribution in [3.8, 4) is 11.5 Å². The molecule has 214 valence electrons. The minimum Gasteiger partial charge on any atom is -0.508 e. The van der Waals surface area contributed by atoms with Crippen molar-refractivity contribution < 1.29 is 24.2 Å². The van der Waals surface area contributed by atoms with Gasteiger partial charge in [0.05, 0.1) is 12.4 Å². The molecule has 0 aliphatic heterocycles. The summed E-state index contributed by atoms with van der Waals surface area (Å²) in [5, 5.41) is 17.8. The monoisotopic (exact) mass is 645 g/mol. The average molecular weight is 647 g/mol. The Bertz CT molecular complexity index is 1610. The SMILES string of the molecule is COc1cc(O)ccc1/C=C(/NC(=O)c1ccccc1)C(=O)Nc1cccc(SC(C)C(=O)Nc2ccc(Br)cc2)c1. The summed E-state index contributed by atoms with van der Waals surface area (Å²) in [6.45, 7) is 1.80. The van der Waals surface area contributed by atoms with Gasteiger partial charge in [0.1, 0.15) is 17.2 Å². The van der Waals surface area contributed by atoms with Crippen molar-refractivity contribution in [1.82, 2.24) is 5.32 Å². The fraction of sp³-hybridized carbons (Fsp3) is 0.0938. The van der Waals surface area contributed by atoms with Crippen LogP contribution in [-0.2, 0) is 9.59 Å². The number of benzene rings is 4. The maximum absolute atomic E-state index is 13.5. The molecule has 0 saturated heterocycles. The largest absolute Gasteiger partial charge is 0.508 e. The molecule has 0 saturated carbocycles. The number of hydrogen-bond donors (Lipinski definition) is 4. The van der Waals surface area contributed by atoms with Crippen LogP contribution in [0.2, 0.25) is 0 Å². The fourth-order valence-corrected chi connectivity index (χ4v) is 4.99. The molecule has 0 bridgehead atoms. The van der Waals surface area contributed by atoms with Crippen molar-refractivity contribution >= 4 is 62.9 Å².